The maximum atomic E-state index is 11.4. The molecule has 19 heavy (non-hydrogen) atoms. The number of hydrogen-bond acceptors (Lipinski definition) is 5. The van der Waals surface area contributed by atoms with Crippen molar-refractivity contribution >= 4 is 33.5 Å². The highest BCUT2D eigenvalue weighted by atomic mass is 79.9. The van der Waals surface area contributed by atoms with Crippen molar-refractivity contribution < 1.29 is 0 Å². The van der Waals surface area contributed by atoms with Gasteiger partial charge in [-0.2, -0.15) is 0 Å². The zero-order chi connectivity index (χ0) is 14.0. The van der Waals surface area contributed by atoms with E-state index in [1.807, 2.05) is 25.1 Å². The molecule has 0 saturated carbocycles. The molecule has 0 aliphatic carbocycles. The maximum absolute atomic E-state index is 11.4. The van der Waals surface area contributed by atoms with Gasteiger partial charge in [0, 0.05) is 21.5 Å². The Morgan fingerprint density at radius 3 is 2.79 bits per heavy atom. The summed E-state index contributed by atoms with van der Waals surface area (Å²) in [5.41, 5.74) is 12.2. The molecule has 5 N–H and O–H groups in total. The average molecular weight is 341 g/mol. The Morgan fingerprint density at radius 2 is 2.16 bits per heavy atom. The number of aromatic nitrogens is 2. The van der Waals surface area contributed by atoms with Crippen LogP contribution >= 0.6 is 27.7 Å². The topological polar surface area (TPSA) is 97.8 Å². The highest BCUT2D eigenvalue weighted by molar-refractivity contribution is 9.10. The second kappa shape index (κ2) is 5.77. The van der Waals surface area contributed by atoms with E-state index >= 15 is 0 Å². The van der Waals surface area contributed by atoms with Crippen LogP contribution < -0.4 is 17.0 Å². The highest BCUT2D eigenvalue weighted by Gasteiger charge is 2.10. The van der Waals surface area contributed by atoms with E-state index in [1.165, 1.54) is 17.8 Å². The van der Waals surface area contributed by atoms with E-state index in [9.17, 15) is 4.79 Å². The van der Waals surface area contributed by atoms with Gasteiger partial charge in [0.25, 0.3) is 5.56 Å². The number of benzene rings is 1. The smallest absolute Gasteiger partial charge is 0.253 e. The summed E-state index contributed by atoms with van der Waals surface area (Å²) in [5.74, 6) is 0.200. The van der Waals surface area contributed by atoms with Crippen LogP contribution in [0.15, 0.2) is 43.6 Å². The summed E-state index contributed by atoms with van der Waals surface area (Å²) < 4.78 is 0.957. The number of aromatic amines is 1. The molecule has 2 rings (SSSR count). The van der Waals surface area contributed by atoms with Crippen LogP contribution in [0.5, 0.6) is 0 Å². The number of H-pyrrole nitrogens is 1. The number of hydrogen-bond donors (Lipinski definition) is 3. The van der Waals surface area contributed by atoms with Crippen LogP contribution in [0.3, 0.4) is 0 Å². The zero-order valence-corrected chi connectivity index (χ0v) is 12.6. The molecule has 1 heterocycles. The highest BCUT2D eigenvalue weighted by Crippen LogP contribution is 2.32. The number of anilines is 1. The number of rotatable bonds is 3. The largest absolute Gasteiger partial charge is 0.383 e. The van der Waals surface area contributed by atoms with Gasteiger partial charge >= 0.3 is 0 Å². The van der Waals surface area contributed by atoms with Crippen LogP contribution in [0.1, 0.15) is 18.5 Å². The third-order valence-electron chi connectivity index (χ3n) is 2.41. The first-order valence-corrected chi connectivity index (χ1v) is 7.16. The van der Waals surface area contributed by atoms with Gasteiger partial charge in [-0.3, -0.25) is 4.79 Å². The van der Waals surface area contributed by atoms with Gasteiger partial charge in [0.15, 0.2) is 5.16 Å². The van der Waals surface area contributed by atoms with E-state index in [0.717, 1.165) is 14.9 Å². The number of nitrogens with zero attached hydrogens (tertiary/aromatic N) is 1. The zero-order valence-electron chi connectivity index (χ0n) is 10.2. The summed E-state index contributed by atoms with van der Waals surface area (Å²) in [6.45, 7) is 1.90. The summed E-state index contributed by atoms with van der Waals surface area (Å²) in [4.78, 5) is 19.0. The van der Waals surface area contributed by atoms with E-state index in [-0.39, 0.29) is 17.4 Å². The molecule has 100 valence electrons. The van der Waals surface area contributed by atoms with Gasteiger partial charge in [-0.05, 0) is 30.7 Å². The summed E-state index contributed by atoms with van der Waals surface area (Å²) in [6.07, 6.45) is 0. The van der Waals surface area contributed by atoms with Crippen LogP contribution in [0.2, 0.25) is 0 Å². The molecule has 0 spiro atoms. The standard InChI is InChI=1S/C12H13BrN4OS/c1-6(14)8-4-7(13)2-3-9(8)19-12-16-10(15)5-11(18)17-12/h2-6H,14H2,1H3,(H3,15,16,17,18). The van der Waals surface area contributed by atoms with E-state index in [2.05, 4.69) is 25.9 Å². The lowest BCUT2D eigenvalue weighted by atomic mass is 10.1. The van der Waals surface area contributed by atoms with Gasteiger partial charge in [0.1, 0.15) is 5.82 Å². The van der Waals surface area contributed by atoms with Gasteiger partial charge in [0.2, 0.25) is 0 Å². The molecule has 0 fully saturated rings. The number of nitrogens with one attached hydrogen (secondary N) is 1. The molecule has 0 amide bonds. The first-order valence-electron chi connectivity index (χ1n) is 5.55. The molecule has 0 bridgehead atoms. The summed E-state index contributed by atoms with van der Waals surface area (Å²) in [5, 5.41) is 0.453. The minimum atomic E-state index is -0.269. The van der Waals surface area contributed by atoms with Crippen molar-refractivity contribution in [1.82, 2.24) is 9.97 Å². The second-order valence-electron chi connectivity index (χ2n) is 4.05. The van der Waals surface area contributed by atoms with Gasteiger partial charge in [0.05, 0.1) is 0 Å². The molecular weight excluding hydrogens is 328 g/mol. The minimum Gasteiger partial charge on any atom is -0.383 e. The monoisotopic (exact) mass is 340 g/mol. The third kappa shape index (κ3) is 3.59. The van der Waals surface area contributed by atoms with Gasteiger partial charge < -0.3 is 16.5 Å². The summed E-state index contributed by atoms with van der Waals surface area (Å²) in [7, 11) is 0. The SMILES string of the molecule is CC(N)c1cc(Br)ccc1Sc1nc(N)cc(=O)[nH]1. The molecule has 1 unspecified atom stereocenters. The molecule has 7 heteroatoms. The Labute approximate surface area is 122 Å². The summed E-state index contributed by atoms with van der Waals surface area (Å²) in [6, 6.07) is 6.93. The van der Waals surface area contributed by atoms with Gasteiger partial charge in [-0.25, -0.2) is 4.98 Å². The first kappa shape index (κ1) is 14.1. The van der Waals surface area contributed by atoms with E-state index in [4.69, 9.17) is 11.5 Å². The number of halogens is 1. The van der Waals surface area contributed by atoms with Crippen molar-refractivity contribution in [2.45, 2.75) is 23.0 Å². The van der Waals surface area contributed by atoms with E-state index < -0.39 is 0 Å². The van der Waals surface area contributed by atoms with Gasteiger partial charge in [-0.1, -0.05) is 27.7 Å². The molecule has 0 aliphatic heterocycles. The van der Waals surface area contributed by atoms with Crippen LogP contribution in [0.25, 0.3) is 0 Å². The fourth-order valence-corrected chi connectivity index (χ4v) is 2.96. The predicted molar refractivity (Wildman–Crippen MR) is 80.1 cm³/mol. The minimum absolute atomic E-state index is 0.118. The molecule has 5 nitrogen and oxygen atoms in total. The lowest BCUT2D eigenvalue weighted by Crippen LogP contribution is -2.10. The molecule has 1 aromatic carbocycles. The number of nitrogen functional groups attached to an aromatic ring is 1. The maximum Gasteiger partial charge on any atom is 0.253 e. The Balaban J connectivity index is 2.40. The average Bonchev–Trinajstić information content (AvgIpc) is 2.30. The quantitative estimate of drug-likeness (QED) is 0.744. The fraction of sp³-hybridized carbons (Fsp3) is 0.167. The first-order chi connectivity index (χ1) is 8.95. The van der Waals surface area contributed by atoms with E-state index in [1.54, 1.807) is 0 Å². The second-order valence-corrected chi connectivity index (χ2v) is 5.99. The van der Waals surface area contributed by atoms with Crippen LogP contribution in [0, 0.1) is 0 Å². The molecule has 2 aromatic rings. The van der Waals surface area contributed by atoms with E-state index in [0.29, 0.717) is 5.16 Å². The third-order valence-corrected chi connectivity index (χ3v) is 3.88. The molecule has 0 saturated heterocycles. The van der Waals surface area contributed by atoms with Crippen molar-refractivity contribution in [1.29, 1.82) is 0 Å². The molecular formula is C12H13BrN4OS. The molecule has 1 atom stereocenters. The van der Waals surface area contributed by atoms with Crippen molar-refractivity contribution in [2.24, 2.45) is 5.73 Å². The Morgan fingerprint density at radius 1 is 1.42 bits per heavy atom. The lowest BCUT2D eigenvalue weighted by molar-refractivity contribution is 0.795. The normalized spacial score (nSPS) is 12.4. The Bertz CT molecular complexity index is 656. The van der Waals surface area contributed by atoms with Crippen LogP contribution in [-0.2, 0) is 0 Å². The van der Waals surface area contributed by atoms with Crippen molar-refractivity contribution in [3.05, 3.63) is 44.7 Å². The fourth-order valence-electron chi connectivity index (χ4n) is 1.57. The van der Waals surface area contributed by atoms with Crippen molar-refractivity contribution in [2.75, 3.05) is 5.73 Å². The molecule has 0 aliphatic rings. The van der Waals surface area contributed by atoms with Crippen LogP contribution in [0.4, 0.5) is 5.82 Å². The lowest BCUT2D eigenvalue weighted by Gasteiger charge is -2.12. The predicted octanol–water partition coefficient (Wildman–Crippen LogP) is 2.29. The Hall–Kier alpha value is -1.31. The molecule has 1 aromatic heterocycles. The summed E-state index contributed by atoms with van der Waals surface area (Å²) >= 11 is 4.75. The molecule has 0 radical (unpaired) electrons. The van der Waals surface area contributed by atoms with Crippen molar-refractivity contribution in [3.8, 4) is 0 Å². The Kier molecular flexibility index (Phi) is 4.28. The number of nitrogens with two attached hydrogens (primary N) is 2. The van der Waals surface area contributed by atoms with Crippen molar-refractivity contribution in [3.63, 3.8) is 0 Å². The van der Waals surface area contributed by atoms with Crippen LogP contribution in [-0.4, -0.2) is 9.97 Å². The van der Waals surface area contributed by atoms with Gasteiger partial charge in [-0.15, -0.1) is 0 Å².